The Kier molecular flexibility index (Phi) is 17.0. The summed E-state index contributed by atoms with van der Waals surface area (Å²) in [5, 5.41) is 9.67. The summed E-state index contributed by atoms with van der Waals surface area (Å²) in [6.07, 6.45) is 8.49. The third-order valence-corrected chi connectivity index (χ3v) is 15.6. The van der Waals surface area contributed by atoms with Gasteiger partial charge in [-0.2, -0.15) is 0 Å². The molecule has 5 aliphatic heterocycles. The van der Waals surface area contributed by atoms with E-state index in [2.05, 4.69) is 139 Å². The number of rotatable bonds is 17. The minimum Gasteiger partial charge on any atom is -0.492 e. The molecule has 7 aromatic carbocycles. The lowest BCUT2D eigenvalue weighted by Crippen LogP contribution is -2.33. The third-order valence-electron chi connectivity index (χ3n) is 15.6. The molecule has 2 atom stereocenters. The molecule has 5 heterocycles. The predicted octanol–water partition coefficient (Wildman–Crippen LogP) is 14.4. The van der Waals surface area contributed by atoms with Crippen molar-refractivity contribution in [1.82, 2.24) is 4.90 Å². The standard InChI is InChI=1S/C38H36N3O4.C30H34N3O2/c1-2-31(26-10-4-3-5-11-26)36(28-17-20-34-29(24-28)25-39-41(34)35-14-8-9-22-45-35)27-15-18-30(19-16-27)44-23-21-40-37(42)32-12-6-7-13-33(32)38(40)43;1-2-27(22-8-4-3-5-9-22)30(23-11-14-26(15-12-23)34-19-17-31)24-13-16-28-25(20-24)21-32-33(28)29-10-6-7-18-35-29/h3-7,10-13,15-20,24,35H,2,8-9,14,21-23,25H2,1H3;3-5,8-9,11-16,20,29H,2,6-7,10,17-19,21,31H2,1H3/q2*+1/b36-31+;30-27+. The van der Waals surface area contributed by atoms with Crippen LogP contribution in [0.5, 0.6) is 11.5 Å². The van der Waals surface area contributed by atoms with Gasteiger partial charge in [0.25, 0.3) is 24.3 Å². The van der Waals surface area contributed by atoms with Gasteiger partial charge in [0.05, 0.1) is 42.0 Å². The van der Waals surface area contributed by atoms with Crippen LogP contribution in [0.1, 0.15) is 130 Å². The van der Waals surface area contributed by atoms with Crippen LogP contribution < -0.4 is 15.2 Å². The van der Waals surface area contributed by atoms with E-state index in [-0.39, 0.29) is 37.4 Å². The molecule has 5 aliphatic rings. The van der Waals surface area contributed by atoms with Crippen LogP contribution in [0.4, 0.5) is 11.4 Å². The summed E-state index contributed by atoms with van der Waals surface area (Å²) < 4.78 is 28.0. The van der Waals surface area contributed by atoms with E-state index in [1.807, 2.05) is 30.3 Å². The molecule has 12 nitrogen and oxygen atoms in total. The second-order valence-corrected chi connectivity index (χ2v) is 20.6. The number of fused-ring (bicyclic) bond motifs is 3. The van der Waals surface area contributed by atoms with E-state index in [9.17, 15) is 9.59 Å². The van der Waals surface area contributed by atoms with Crippen molar-refractivity contribution < 1.29 is 37.9 Å². The molecule has 0 radical (unpaired) electrons. The Bertz CT molecular complexity index is 3430. The van der Waals surface area contributed by atoms with E-state index in [0.717, 1.165) is 80.7 Å². The van der Waals surface area contributed by atoms with Crippen molar-refractivity contribution in [2.75, 3.05) is 39.5 Å². The van der Waals surface area contributed by atoms with Gasteiger partial charge in [0.2, 0.25) is 11.4 Å². The highest BCUT2D eigenvalue weighted by atomic mass is 16.5. The molecule has 2 saturated heterocycles. The molecule has 12 rings (SSSR count). The number of carbonyl (C=O) groups excluding carboxylic acids is 2. The number of imide groups is 1. The molecule has 2 fully saturated rings. The monoisotopic (exact) mass is 1070 g/mol. The second-order valence-electron chi connectivity index (χ2n) is 20.6. The zero-order valence-corrected chi connectivity index (χ0v) is 45.9. The molecule has 2 amide bonds. The average Bonchev–Trinajstić information content (AvgIpc) is 4.24. The summed E-state index contributed by atoms with van der Waals surface area (Å²) in [4.78, 5) is 26.7. The summed E-state index contributed by atoms with van der Waals surface area (Å²) in [6, 6.07) is 58.1. The third kappa shape index (κ3) is 11.6. The van der Waals surface area contributed by atoms with Crippen molar-refractivity contribution in [3.8, 4) is 11.5 Å². The fourth-order valence-electron chi connectivity index (χ4n) is 11.6. The summed E-state index contributed by atoms with van der Waals surface area (Å²) in [5.74, 6) is 0.985. The Morgan fingerprint density at radius 3 is 1.36 bits per heavy atom. The van der Waals surface area contributed by atoms with Gasteiger partial charge >= 0.3 is 0 Å². The number of nitrogens with two attached hydrogens (primary N) is 1. The Balaban J connectivity index is 0.000000174. The number of carbonyl (C=O) groups is 2. The first-order valence-electron chi connectivity index (χ1n) is 28.5. The maximum absolute atomic E-state index is 12.7. The Morgan fingerprint density at radius 1 is 0.525 bits per heavy atom. The highest BCUT2D eigenvalue weighted by molar-refractivity contribution is 6.21. The summed E-state index contributed by atoms with van der Waals surface area (Å²) in [7, 11) is 0. The fraction of sp³-hybridized carbons (Fsp3) is 0.294. The second kappa shape index (κ2) is 25.3. The Hall–Kier alpha value is -8.16. The van der Waals surface area contributed by atoms with Gasteiger partial charge in [-0.15, -0.1) is 0 Å². The molecule has 406 valence electrons. The molecule has 12 heteroatoms. The summed E-state index contributed by atoms with van der Waals surface area (Å²) in [5.41, 5.74) is 23.3. The molecule has 2 unspecified atom stereocenters. The van der Waals surface area contributed by atoms with Crippen molar-refractivity contribution in [2.45, 2.75) is 90.8 Å². The number of amides is 2. The number of hydrogen-bond donors (Lipinski definition) is 1. The molecule has 0 aromatic heterocycles. The van der Waals surface area contributed by atoms with Crippen molar-refractivity contribution >= 4 is 45.5 Å². The van der Waals surface area contributed by atoms with Gasteiger partial charge in [-0.05, 0) is 165 Å². The van der Waals surface area contributed by atoms with E-state index < -0.39 is 0 Å². The number of azo groups is 4. The fourth-order valence-corrected chi connectivity index (χ4v) is 11.6. The largest absolute Gasteiger partial charge is 0.492 e. The lowest BCUT2D eigenvalue weighted by atomic mass is 9.87. The lowest BCUT2D eigenvalue weighted by Gasteiger charge is -2.19. The molecule has 7 aromatic rings. The SMILES string of the molecule is CC/C(=C(/c1ccc(OCCN)cc1)c1ccc2c(c1)CN=[N+]2C1CCCCO1)c1ccccc1.CC/C(=C(/c1ccc(OCCN2C(=O)c3ccccc3C2=O)cc1)c1ccc2c(c1)CN=[N+]2C1CCCCO1)c1ccccc1. The molecular weight excluding hydrogens is 997 g/mol. The van der Waals surface area contributed by atoms with Crippen LogP contribution in [0.2, 0.25) is 0 Å². The van der Waals surface area contributed by atoms with Crippen LogP contribution in [0.3, 0.4) is 0 Å². The van der Waals surface area contributed by atoms with Gasteiger partial charge in [0, 0.05) is 31.5 Å². The van der Waals surface area contributed by atoms with E-state index in [1.54, 1.807) is 24.3 Å². The van der Waals surface area contributed by atoms with Crippen LogP contribution in [0.15, 0.2) is 180 Å². The smallest absolute Gasteiger partial charge is 0.288 e. The van der Waals surface area contributed by atoms with Crippen molar-refractivity contribution in [3.05, 3.63) is 225 Å². The number of benzene rings is 7. The maximum Gasteiger partial charge on any atom is 0.288 e. The van der Waals surface area contributed by atoms with Gasteiger partial charge in [0.1, 0.15) is 37.8 Å². The summed E-state index contributed by atoms with van der Waals surface area (Å²) >= 11 is 0. The molecule has 0 spiro atoms. The number of ether oxygens (including phenoxy) is 4. The lowest BCUT2D eigenvalue weighted by molar-refractivity contribution is -0.602. The number of allylic oxidation sites excluding steroid dienone is 2. The van der Waals surface area contributed by atoms with E-state index in [0.29, 0.717) is 43.1 Å². The van der Waals surface area contributed by atoms with E-state index in [4.69, 9.17) is 34.9 Å². The topological polar surface area (TPSA) is 131 Å². The minimum absolute atomic E-state index is 0.0148. The zero-order valence-electron chi connectivity index (χ0n) is 45.9. The van der Waals surface area contributed by atoms with Crippen LogP contribution in [-0.2, 0) is 22.6 Å². The van der Waals surface area contributed by atoms with Crippen LogP contribution >= 0.6 is 0 Å². The maximum atomic E-state index is 12.7. The first-order chi connectivity index (χ1) is 39.4. The number of hydrogen-bond acceptors (Lipinski definition) is 9. The van der Waals surface area contributed by atoms with Crippen LogP contribution in [0, 0.1) is 0 Å². The van der Waals surface area contributed by atoms with Crippen LogP contribution in [-0.4, -0.2) is 78.1 Å². The quantitative estimate of drug-likeness (QED) is 0.0546. The van der Waals surface area contributed by atoms with Gasteiger partial charge in [-0.3, -0.25) is 14.5 Å². The van der Waals surface area contributed by atoms with Gasteiger partial charge in [0.15, 0.2) is 0 Å². The molecule has 0 aliphatic carbocycles. The first-order valence-corrected chi connectivity index (χ1v) is 28.5. The Morgan fingerprint density at radius 2 is 0.950 bits per heavy atom. The van der Waals surface area contributed by atoms with Gasteiger partial charge < -0.3 is 24.7 Å². The van der Waals surface area contributed by atoms with E-state index >= 15 is 0 Å². The number of nitrogens with zero attached hydrogens (tertiary/aromatic N) is 5. The molecule has 80 heavy (non-hydrogen) atoms. The highest BCUT2D eigenvalue weighted by Gasteiger charge is 2.37. The molecule has 2 N–H and O–H groups in total. The normalized spacial score (nSPS) is 18.0. The summed E-state index contributed by atoms with van der Waals surface area (Å²) in [6.45, 7) is 8.79. The molecule has 0 bridgehead atoms. The predicted molar refractivity (Wildman–Crippen MR) is 312 cm³/mol. The van der Waals surface area contributed by atoms with Crippen molar-refractivity contribution in [2.24, 2.45) is 16.0 Å². The zero-order chi connectivity index (χ0) is 54.8. The highest BCUT2D eigenvalue weighted by Crippen LogP contribution is 2.41. The van der Waals surface area contributed by atoms with Gasteiger partial charge in [-0.1, -0.05) is 120 Å². The minimum atomic E-state index is -0.270. The van der Waals surface area contributed by atoms with Crippen molar-refractivity contribution in [3.63, 3.8) is 0 Å². The Labute approximate surface area is 469 Å². The molecule has 0 saturated carbocycles. The average molecular weight is 1070 g/mol. The first kappa shape index (κ1) is 53.8. The molecular formula is C68H70N6O6+2. The van der Waals surface area contributed by atoms with E-state index in [1.165, 1.54) is 72.7 Å². The van der Waals surface area contributed by atoms with Crippen LogP contribution in [0.25, 0.3) is 22.3 Å². The van der Waals surface area contributed by atoms with Crippen molar-refractivity contribution in [1.29, 1.82) is 0 Å². The van der Waals surface area contributed by atoms with Gasteiger partial charge in [-0.25, -0.2) is 0 Å².